The number of ether oxygens (including phenoxy) is 1. The van der Waals surface area contributed by atoms with Crippen LogP contribution in [-0.4, -0.2) is 23.4 Å². The van der Waals surface area contributed by atoms with E-state index in [1.165, 1.54) is 19.3 Å². The highest BCUT2D eigenvalue weighted by Gasteiger charge is 2.70. The molecule has 2 nitrogen and oxygen atoms in total. The van der Waals surface area contributed by atoms with E-state index in [4.69, 9.17) is 4.74 Å². The van der Waals surface area contributed by atoms with Gasteiger partial charge < -0.3 is 9.84 Å². The lowest BCUT2D eigenvalue weighted by molar-refractivity contribution is -0.00505. The van der Waals surface area contributed by atoms with Gasteiger partial charge in [0.2, 0.25) is 0 Å². The van der Waals surface area contributed by atoms with Crippen LogP contribution in [0.2, 0.25) is 0 Å². The van der Waals surface area contributed by atoms with Gasteiger partial charge in [-0.3, -0.25) is 0 Å². The van der Waals surface area contributed by atoms with Crippen molar-refractivity contribution in [2.75, 3.05) is 6.61 Å². The van der Waals surface area contributed by atoms with Gasteiger partial charge in [0.25, 0.3) is 0 Å². The van der Waals surface area contributed by atoms with Crippen molar-refractivity contribution >= 4 is 0 Å². The Morgan fingerprint density at radius 3 is 2.57 bits per heavy atom. The Hall–Kier alpha value is -0.0800. The maximum atomic E-state index is 10.6. The topological polar surface area (TPSA) is 29.5 Å². The molecule has 2 aliphatic carbocycles. The summed E-state index contributed by atoms with van der Waals surface area (Å²) in [4.78, 5) is 0. The van der Waals surface area contributed by atoms with Crippen molar-refractivity contribution in [3.8, 4) is 0 Å². The van der Waals surface area contributed by atoms with E-state index in [-0.39, 0.29) is 5.60 Å². The van der Waals surface area contributed by atoms with E-state index in [0.717, 1.165) is 19.4 Å². The second-order valence-corrected chi connectivity index (χ2v) is 5.24. The van der Waals surface area contributed by atoms with Gasteiger partial charge in [0.15, 0.2) is 0 Å². The van der Waals surface area contributed by atoms with Crippen LogP contribution in [0, 0.1) is 17.8 Å². The van der Waals surface area contributed by atoms with Crippen molar-refractivity contribution in [1.82, 2.24) is 0 Å². The van der Waals surface area contributed by atoms with Crippen LogP contribution in [0.5, 0.6) is 0 Å². The molecule has 1 aliphatic heterocycles. The molecule has 1 saturated heterocycles. The van der Waals surface area contributed by atoms with Crippen molar-refractivity contribution in [2.45, 2.75) is 50.7 Å². The van der Waals surface area contributed by atoms with E-state index < -0.39 is 0 Å². The molecule has 0 aromatic heterocycles. The van der Waals surface area contributed by atoms with Crippen LogP contribution in [0.4, 0.5) is 0 Å². The highest BCUT2D eigenvalue weighted by Crippen LogP contribution is 2.66. The van der Waals surface area contributed by atoms with Crippen LogP contribution in [0.3, 0.4) is 0 Å². The monoisotopic (exact) mass is 196 g/mol. The molecule has 2 heteroatoms. The highest BCUT2D eigenvalue weighted by atomic mass is 16.5. The first-order valence-electron chi connectivity index (χ1n) is 6.12. The van der Waals surface area contributed by atoms with Gasteiger partial charge >= 0.3 is 0 Å². The normalized spacial score (nSPS) is 56.1. The number of aliphatic hydroxyl groups is 1. The summed E-state index contributed by atoms with van der Waals surface area (Å²) in [5, 5.41) is 10.6. The Morgan fingerprint density at radius 1 is 1.21 bits per heavy atom. The van der Waals surface area contributed by atoms with Crippen LogP contribution in [-0.2, 0) is 4.74 Å². The zero-order chi connectivity index (χ0) is 9.76. The average molecular weight is 196 g/mol. The molecule has 0 radical (unpaired) electrons. The summed E-state index contributed by atoms with van der Waals surface area (Å²) < 4.78 is 5.69. The lowest BCUT2D eigenvalue weighted by atomic mass is 9.86. The Labute approximate surface area is 85.6 Å². The molecular formula is C12H20O2. The van der Waals surface area contributed by atoms with E-state index in [0.29, 0.717) is 23.9 Å². The Kier molecular flexibility index (Phi) is 1.94. The maximum Gasteiger partial charge on any atom is 0.0764 e. The van der Waals surface area contributed by atoms with E-state index in [9.17, 15) is 5.11 Å². The van der Waals surface area contributed by atoms with Crippen LogP contribution in [0.25, 0.3) is 0 Å². The lowest BCUT2D eigenvalue weighted by Gasteiger charge is -2.26. The first-order chi connectivity index (χ1) is 6.78. The molecule has 1 heterocycles. The molecule has 3 rings (SSSR count). The van der Waals surface area contributed by atoms with Crippen molar-refractivity contribution in [1.29, 1.82) is 0 Å². The molecule has 2 saturated carbocycles. The quantitative estimate of drug-likeness (QED) is 0.731. The van der Waals surface area contributed by atoms with E-state index in [2.05, 4.69) is 6.92 Å². The van der Waals surface area contributed by atoms with Gasteiger partial charge in [-0.1, -0.05) is 13.3 Å². The fourth-order valence-corrected chi connectivity index (χ4v) is 4.10. The molecular weight excluding hydrogens is 176 g/mol. The number of hydrogen-bond donors (Lipinski definition) is 1. The Morgan fingerprint density at radius 2 is 1.93 bits per heavy atom. The summed E-state index contributed by atoms with van der Waals surface area (Å²) in [5.41, 5.74) is -0.310. The van der Waals surface area contributed by atoms with Crippen LogP contribution in [0.1, 0.15) is 39.0 Å². The third kappa shape index (κ3) is 0.989. The van der Waals surface area contributed by atoms with Crippen molar-refractivity contribution in [3.05, 3.63) is 0 Å². The molecule has 4 atom stereocenters. The Balaban J connectivity index is 1.76. The summed E-state index contributed by atoms with van der Waals surface area (Å²) in [6.07, 6.45) is 6.34. The fourth-order valence-electron chi connectivity index (χ4n) is 4.10. The SMILES string of the molecule is CCC1OCCC1C1(O)C2CCCC21. The third-order valence-electron chi connectivity index (χ3n) is 4.80. The van der Waals surface area contributed by atoms with Crippen LogP contribution >= 0.6 is 0 Å². The molecule has 0 spiro atoms. The predicted octanol–water partition coefficient (Wildman–Crippen LogP) is 1.96. The molecule has 14 heavy (non-hydrogen) atoms. The van der Waals surface area contributed by atoms with Crippen LogP contribution in [0.15, 0.2) is 0 Å². The minimum absolute atomic E-state index is 0.310. The summed E-state index contributed by atoms with van der Waals surface area (Å²) in [6.45, 7) is 3.04. The molecule has 1 N–H and O–H groups in total. The summed E-state index contributed by atoms with van der Waals surface area (Å²) in [6, 6.07) is 0. The summed E-state index contributed by atoms with van der Waals surface area (Å²) in [7, 11) is 0. The molecule has 0 amide bonds. The van der Waals surface area contributed by atoms with Gasteiger partial charge in [-0.15, -0.1) is 0 Å². The molecule has 3 fully saturated rings. The predicted molar refractivity (Wildman–Crippen MR) is 53.9 cm³/mol. The summed E-state index contributed by atoms with van der Waals surface area (Å²) >= 11 is 0. The highest BCUT2D eigenvalue weighted by molar-refractivity contribution is 5.19. The Bertz CT molecular complexity index is 228. The molecule has 0 aromatic carbocycles. The van der Waals surface area contributed by atoms with Crippen molar-refractivity contribution in [2.24, 2.45) is 17.8 Å². The minimum Gasteiger partial charge on any atom is -0.389 e. The van der Waals surface area contributed by atoms with Gasteiger partial charge in [-0.2, -0.15) is 0 Å². The molecule has 0 bridgehead atoms. The zero-order valence-electron chi connectivity index (χ0n) is 8.91. The average Bonchev–Trinajstić information content (AvgIpc) is 2.77. The van der Waals surface area contributed by atoms with E-state index in [1.54, 1.807) is 0 Å². The summed E-state index contributed by atoms with van der Waals surface area (Å²) in [5.74, 6) is 1.70. The van der Waals surface area contributed by atoms with Gasteiger partial charge in [-0.25, -0.2) is 0 Å². The zero-order valence-corrected chi connectivity index (χ0v) is 8.91. The second kappa shape index (κ2) is 2.96. The largest absolute Gasteiger partial charge is 0.389 e. The number of rotatable bonds is 2. The molecule has 4 unspecified atom stereocenters. The maximum absolute atomic E-state index is 10.6. The number of hydrogen-bond acceptors (Lipinski definition) is 2. The van der Waals surface area contributed by atoms with Gasteiger partial charge in [-0.05, 0) is 37.5 Å². The van der Waals surface area contributed by atoms with Gasteiger partial charge in [0.05, 0.1) is 11.7 Å². The second-order valence-electron chi connectivity index (χ2n) is 5.24. The molecule has 80 valence electrons. The van der Waals surface area contributed by atoms with Gasteiger partial charge in [0.1, 0.15) is 0 Å². The third-order valence-corrected chi connectivity index (χ3v) is 4.80. The lowest BCUT2D eigenvalue weighted by Crippen LogP contribution is -2.33. The van der Waals surface area contributed by atoms with Crippen molar-refractivity contribution < 1.29 is 9.84 Å². The molecule has 0 aromatic rings. The minimum atomic E-state index is -0.310. The van der Waals surface area contributed by atoms with E-state index in [1.807, 2.05) is 0 Å². The molecule has 3 aliphatic rings. The standard InChI is InChI=1S/C12H20O2/c1-2-11-10(6-7-14-11)12(13)8-4-3-5-9(8)12/h8-11,13H,2-7H2,1H3. The van der Waals surface area contributed by atoms with Crippen molar-refractivity contribution in [3.63, 3.8) is 0 Å². The first-order valence-corrected chi connectivity index (χ1v) is 6.12. The first kappa shape index (κ1) is 9.17. The fraction of sp³-hybridized carbons (Fsp3) is 1.00. The van der Waals surface area contributed by atoms with E-state index >= 15 is 0 Å². The smallest absolute Gasteiger partial charge is 0.0764 e. The van der Waals surface area contributed by atoms with Gasteiger partial charge in [0, 0.05) is 12.5 Å². The number of fused-ring (bicyclic) bond motifs is 1. The van der Waals surface area contributed by atoms with Crippen LogP contribution < -0.4 is 0 Å².